The van der Waals surface area contributed by atoms with Crippen molar-refractivity contribution >= 4 is 17.3 Å². The van der Waals surface area contributed by atoms with Gasteiger partial charge in [0, 0.05) is 25.2 Å². The highest BCUT2D eigenvalue weighted by atomic mass is 16.5. The molecule has 1 heterocycles. The maximum atomic E-state index is 12.9. The van der Waals surface area contributed by atoms with Gasteiger partial charge in [-0.15, -0.1) is 0 Å². The van der Waals surface area contributed by atoms with E-state index in [4.69, 9.17) is 23.7 Å². The van der Waals surface area contributed by atoms with Gasteiger partial charge in [-0.25, -0.2) is 0 Å². The van der Waals surface area contributed by atoms with Crippen molar-refractivity contribution in [3.8, 4) is 23.0 Å². The number of amides is 1. The van der Waals surface area contributed by atoms with Gasteiger partial charge in [-0.3, -0.25) is 4.79 Å². The molecule has 1 fully saturated rings. The van der Waals surface area contributed by atoms with Crippen LogP contribution in [0.3, 0.4) is 0 Å². The van der Waals surface area contributed by atoms with Crippen molar-refractivity contribution in [1.29, 1.82) is 0 Å². The summed E-state index contributed by atoms with van der Waals surface area (Å²) in [6.45, 7) is 9.38. The van der Waals surface area contributed by atoms with E-state index in [-0.39, 0.29) is 5.91 Å². The summed E-state index contributed by atoms with van der Waals surface area (Å²) >= 11 is 0. The molecule has 0 bridgehead atoms. The zero-order valence-corrected chi connectivity index (χ0v) is 19.2. The first-order valence-electron chi connectivity index (χ1n) is 10.9. The maximum Gasteiger partial charge on any atom is 0.265 e. The quantitative estimate of drug-likeness (QED) is 0.598. The van der Waals surface area contributed by atoms with Crippen molar-refractivity contribution in [2.45, 2.75) is 26.9 Å². The zero-order chi connectivity index (χ0) is 22.9. The minimum absolute atomic E-state index is 0.289. The highest BCUT2D eigenvalue weighted by Crippen LogP contribution is 2.39. The van der Waals surface area contributed by atoms with E-state index in [1.165, 1.54) is 0 Å². The molecule has 0 aromatic heterocycles. The van der Waals surface area contributed by atoms with Crippen LogP contribution in [0.5, 0.6) is 23.0 Å². The topological polar surface area (TPSA) is 78.5 Å². The van der Waals surface area contributed by atoms with Crippen LogP contribution < -0.4 is 29.2 Å². The fraction of sp³-hybridized carbons (Fsp3) is 0.458. The standard InChI is InChI=1S/C24H32N2O6/c1-5-30-22-16-21(26-11-13-29-14-12-26)23(31-6-2)15-20(22)25-24(27)17(3)32-19-9-7-18(28-4)8-10-19/h7-10,15-17H,5-6,11-14H2,1-4H3,(H,25,27)/t17-/m1/s1. The second-order valence-corrected chi connectivity index (χ2v) is 7.21. The lowest BCUT2D eigenvalue weighted by atomic mass is 10.2. The summed E-state index contributed by atoms with van der Waals surface area (Å²) in [4.78, 5) is 15.1. The fourth-order valence-electron chi connectivity index (χ4n) is 3.39. The first kappa shape index (κ1) is 23.5. The SMILES string of the molecule is CCOc1cc(N2CCOCC2)c(OCC)cc1NC(=O)[C@@H](C)Oc1ccc(OC)cc1. The molecule has 2 aromatic rings. The van der Waals surface area contributed by atoms with Gasteiger partial charge >= 0.3 is 0 Å². The molecule has 2 aromatic carbocycles. The number of carbonyl (C=O) groups excluding carboxylic acids is 1. The lowest BCUT2D eigenvalue weighted by molar-refractivity contribution is -0.122. The van der Waals surface area contributed by atoms with Gasteiger partial charge in [0.2, 0.25) is 0 Å². The molecule has 1 atom stereocenters. The lowest BCUT2D eigenvalue weighted by Crippen LogP contribution is -2.36. The first-order valence-corrected chi connectivity index (χ1v) is 10.9. The zero-order valence-electron chi connectivity index (χ0n) is 19.2. The van der Waals surface area contributed by atoms with Gasteiger partial charge in [0.15, 0.2) is 6.10 Å². The summed E-state index contributed by atoms with van der Waals surface area (Å²) in [5.74, 6) is 2.29. The van der Waals surface area contributed by atoms with Gasteiger partial charge in [0.05, 0.1) is 44.9 Å². The summed E-state index contributed by atoms with van der Waals surface area (Å²) in [7, 11) is 1.60. The third-order valence-corrected chi connectivity index (χ3v) is 5.01. The smallest absolute Gasteiger partial charge is 0.265 e. The molecule has 1 saturated heterocycles. The van der Waals surface area contributed by atoms with Crippen LogP contribution in [0.4, 0.5) is 11.4 Å². The molecule has 1 aliphatic heterocycles. The molecule has 0 radical (unpaired) electrons. The predicted octanol–water partition coefficient (Wildman–Crippen LogP) is 3.74. The molecule has 32 heavy (non-hydrogen) atoms. The number of hydrogen-bond donors (Lipinski definition) is 1. The molecule has 1 aliphatic rings. The van der Waals surface area contributed by atoms with Gasteiger partial charge in [-0.1, -0.05) is 0 Å². The third kappa shape index (κ3) is 5.97. The van der Waals surface area contributed by atoms with Crippen LogP contribution >= 0.6 is 0 Å². The van der Waals surface area contributed by atoms with Crippen molar-refractivity contribution in [2.75, 3.05) is 56.8 Å². The van der Waals surface area contributed by atoms with Crippen LogP contribution in [-0.2, 0) is 9.53 Å². The molecule has 0 aliphatic carbocycles. The first-order chi connectivity index (χ1) is 15.5. The molecule has 0 saturated carbocycles. The maximum absolute atomic E-state index is 12.9. The van der Waals surface area contributed by atoms with Gasteiger partial charge in [0.1, 0.15) is 23.0 Å². The molecule has 8 heteroatoms. The Morgan fingerprint density at radius 1 is 1.03 bits per heavy atom. The molecule has 1 amide bonds. The Kier molecular flexibility index (Phi) is 8.44. The van der Waals surface area contributed by atoms with Gasteiger partial charge in [-0.05, 0) is 45.0 Å². The predicted molar refractivity (Wildman–Crippen MR) is 124 cm³/mol. The Morgan fingerprint density at radius 2 is 1.66 bits per heavy atom. The highest BCUT2D eigenvalue weighted by Gasteiger charge is 2.22. The monoisotopic (exact) mass is 444 g/mol. The second-order valence-electron chi connectivity index (χ2n) is 7.21. The number of anilines is 2. The van der Waals surface area contributed by atoms with E-state index in [0.717, 1.165) is 24.5 Å². The van der Waals surface area contributed by atoms with E-state index in [0.29, 0.717) is 49.4 Å². The van der Waals surface area contributed by atoms with Crippen molar-refractivity contribution in [3.63, 3.8) is 0 Å². The summed E-state index contributed by atoms with van der Waals surface area (Å²) in [5.41, 5.74) is 1.47. The molecule has 174 valence electrons. The summed E-state index contributed by atoms with van der Waals surface area (Å²) in [6, 6.07) is 10.8. The van der Waals surface area contributed by atoms with E-state index >= 15 is 0 Å². The van der Waals surface area contributed by atoms with Crippen LogP contribution in [0.25, 0.3) is 0 Å². The average Bonchev–Trinajstić information content (AvgIpc) is 2.82. The molecular weight excluding hydrogens is 412 g/mol. The number of hydrogen-bond acceptors (Lipinski definition) is 7. The van der Waals surface area contributed by atoms with E-state index in [1.54, 1.807) is 38.3 Å². The largest absolute Gasteiger partial charge is 0.497 e. The molecule has 0 unspecified atom stereocenters. The summed E-state index contributed by atoms with van der Waals surface area (Å²) in [6.07, 6.45) is -0.715. The van der Waals surface area contributed by atoms with Crippen molar-refractivity contribution in [2.24, 2.45) is 0 Å². The van der Waals surface area contributed by atoms with Gasteiger partial charge in [-0.2, -0.15) is 0 Å². The lowest BCUT2D eigenvalue weighted by Gasteiger charge is -2.31. The Hall–Kier alpha value is -3.13. The Bertz CT molecular complexity index is 881. The van der Waals surface area contributed by atoms with Crippen LogP contribution in [-0.4, -0.2) is 58.6 Å². The van der Waals surface area contributed by atoms with E-state index in [1.807, 2.05) is 26.0 Å². The molecule has 8 nitrogen and oxygen atoms in total. The van der Waals surface area contributed by atoms with Crippen LogP contribution in [0.2, 0.25) is 0 Å². The van der Waals surface area contributed by atoms with E-state index in [9.17, 15) is 4.79 Å². The number of nitrogens with zero attached hydrogens (tertiary/aromatic N) is 1. The molecule has 3 rings (SSSR count). The van der Waals surface area contributed by atoms with Crippen molar-refractivity contribution in [1.82, 2.24) is 0 Å². The van der Waals surface area contributed by atoms with Gasteiger partial charge < -0.3 is 33.9 Å². The Labute approximate surface area is 189 Å². The van der Waals surface area contributed by atoms with Crippen molar-refractivity contribution in [3.05, 3.63) is 36.4 Å². The van der Waals surface area contributed by atoms with E-state index < -0.39 is 6.10 Å². The number of ether oxygens (including phenoxy) is 5. The minimum atomic E-state index is -0.715. The number of carbonyl (C=O) groups is 1. The Morgan fingerprint density at radius 3 is 2.28 bits per heavy atom. The molecule has 0 spiro atoms. The normalized spacial score (nSPS) is 14.4. The van der Waals surface area contributed by atoms with Gasteiger partial charge in [0.25, 0.3) is 5.91 Å². The second kappa shape index (κ2) is 11.5. The average molecular weight is 445 g/mol. The van der Waals surface area contributed by atoms with Crippen LogP contribution in [0.15, 0.2) is 36.4 Å². The third-order valence-electron chi connectivity index (χ3n) is 5.01. The number of nitrogens with one attached hydrogen (secondary N) is 1. The van der Waals surface area contributed by atoms with Crippen LogP contribution in [0.1, 0.15) is 20.8 Å². The van der Waals surface area contributed by atoms with Crippen LogP contribution in [0, 0.1) is 0 Å². The fourth-order valence-corrected chi connectivity index (χ4v) is 3.39. The number of benzene rings is 2. The number of rotatable bonds is 10. The number of morpholine rings is 1. The van der Waals surface area contributed by atoms with Crippen molar-refractivity contribution < 1.29 is 28.5 Å². The number of methoxy groups -OCH3 is 1. The minimum Gasteiger partial charge on any atom is -0.497 e. The highest BCUT2D eigenvalue weighted by molar-refractivity contribution is 5.96. The Balaban J connectivity index is 1.79. The summed E-state index contributed by atoms with van der Waals surface area (Å²) < 4.78 is 28.1. The van der Waals surface area contributed by atoms with E-state index in [2.05, 4.69) is 10.2 Å². The molecular formula is C24H32N2O6. The summed E-state index contributed by atoms with van der Waals surface area (Å²) in [5, 5.41) is 2.93. The molecule has 1 N–H and O–H groups in total.